The number of carbonyl (C=O) groups excluding carboxylic acids is 1. The fourth-order valence-electron chi connectivity index (χ4n) is 4.20. The number of carbonyl (C=O) groups is 1. The normalized spacial score (nSPS) is 29.2. The summed E-state index contributed by atoms with van der Waals surface area (Å²) >= 11 is 0. The molecular formula is C18H28N4O2. The fourth-order valence-corrected chi connectivity index (χ4v) is 4.20. The first-order chi connectivity index (χ1) is 11.7. The second kappa shape index (κ2) is 6.84. The van der Waals surface area contributed by atoms with Gasteiger partial charge in [-0.25, -0.2) is 0 Å². The summed E-state index contributed by atoms with van der Waals surface area (Å²) in [5.41, 5.74) is 1.15. The molecule has 1 aliphatic carbocycles. The number of likely N-dealkylation sites (tertiary alicyclic amines) is 1. The third-order valence-corrected chi connectivity index (χ3v) is 5.75. The molecule has 24 heavy (non-hydrogen) atoms. The fraction of sp³-hybridized carbons (Fsp3) is 0.778. The van der Waals surface area contributed by atoms with Crippen molar-refractivity contribution in [3.63, 3.8) is 0 Å². The van der Waals surface area contributed by atoms with Gasteiger partial charge < -0.3 is 15.0 Å². The number of rotatable bonds is 5. The van der Waals surface area contributed by atoms with Crippen LogP contribution >= 0.6 is 0 Å². The van der Waals surface area contributed by atoms with Crippen LogP contribution in [0.25, 0.3) is 0 Å². The van der Waals surface area contributed by atoms with Gasteiger partial charge in [-0.15, -0.1) is 0 Å². The lowest BCUT2D eigenvalue weighted by atomic mass is 9.91. The number of piperidine rings is 1. The van der Waals surface area contributed by atoms with E-state index < -0.39 is 0 Å². The lowest BCUT2D eigenvalue weighted by Crippen LogP contribution is -2.53. The van der Waals surface area contributed by atoms with Gasteiger partial charge in [-0.2, -0.15) is 5.10 Å². The Labute approximate surface area is 143 Å². The van der Waals surface area contributed by atoms with Crippen molar-refractivity contribution in [1.29, 1.82) is 0 Å². The van der Waals surface area contributed by atoms with Gasteiger partial charge in [0.25, 0.3) is 0 Å². The van der Waals surface area contributed by atoms with E-state index in [4.69, 9.17) is 4.74 Å². The summed E-state index contributed by atoms with van der Waals surface area (Å²) < 4.78 is 7.40. The average Bonchev–Trinajstić information content (AvgIpc) is 3.35. The molecule has 1 N–H and O–H groups in total. The molecule has 3 aliphatic rings. The highest BCUT2D eigenvalue weighted by Gasteiger charge is 2.45. The van der Waals surface area contributed by atoms with E-state index in [1.807, 2.05) is 17.9 Å². The molecule has 1 amide bonds. The van der Waals surface area contributed by atoms with E-state index in [-0.39, 0.29) is 6.04 Å². The van der Waals surface area contributed by atoms with E-state index in [0.717, 1.165) is 57.6 Å². The first kappa shape index (κ1) is 16.1. The molecular weight excluding hydrogens is 304 g/mol. The Balaban J connectivity index is 1.52. The summed E-state index contributed by atoms with van der Waals surface area (Å²) in [7, 11) is 1.98. The zero-order valence-electron chi connectivity index (χ0n) is 14.5. The van der Waals surface area contributed by atoms with Crippen LogP contribution in [-0.4, -0.2) is 52.4 Å². The second-order valence-electron chi connectivity index (χ2n) is 7.47. The molecule has 132 valence electrons. The van der Waals surface area contributed by atoms with Crippen LogP contribution in [0.4, 0.5) is 0 Å². The molecule has 0 aromatic carbocycles. The minimum Gasteiger partial charge on any atom is -0.381 e. The van der Waals surface area contributed by atoms with Crippen molar-refractivity contribution < 1.29 is 9.53 Å². The Bertz CT molecular complexity index is 577. The van der Waals surface area contributed by atoms with E-state index in [1.54, 1.807) is 0 Å². The molecule has 2 atom stereocenters. The molecule has 0 bridgehead atoms. The Hall–Kier alpha value is -1.40. The zero-order chi connectivity index (χ0) is 16.5. The zero-order valence-corrected chi connectivity index (χ0v) is 14.5. The maximum atomic E-state index is 12.6. The maximum Gasteiger partial charge on any atom is 0.223 e. The molecule has 0 spiro atoms. The summed E-state index contributed by atoms with van der Waals surface area (Å²) in [5, 5.41) is 8.15. The van der Waals surface area contributed by atoms with Crippen molar-refractivity contribution in [1.82, 2.24) is 20.0 Å². The molecule has 0 unspecified atom stereocenters. The monoisotopic (exact) mass is 332 g/mol. The average molecular weight is 332 g/mol. The van der Waals surface area contributed by atoms with Gasteiger partial charge in [-0.1, -0.05) is 0 Å². The predicted molar refractivity (Wildman–Crippen MR) is 90.4 cm³/mol. The van der Waals surface area contributed by atoms with E-state index in [0.29, 0.717) is 30.3 Å². The van der Waals surface area contributed by atoms with Crippen molar-refractivity contribution in [2.45, 2.75) is 56.7 Å². The molecule has 6 heteroatoms. The van der Waals surface area contributed by atoms with E-state index in [1.165, 1.54) is 0 Å². The topological polar surface area (TPSA) is 59.4 Å². The predicted octanol–water partition coefficient (Wildman–Crippen LogP) is 1.63. The second-order valence-corrected chi connectivity index (χ2v) is 7.47. The molecule has 2 saturated heterocycles. The first-order valence-electron chi connectivity index (χ1n) is 9.34. The van der Waals surface area contributed by atoms with Gasteiger partial charge in [-0.3, -0.25) is 9.48 Å². The Morgan fingerprint density at radius 3 is 2.71 bits per heavy atom. The number of ether oxygens (including phenoxy) is 1. The van der Waals surface area contributed by atoms with Crippen LogP contribution in [0.1, 0.15) is 50.3 Å². The largest absolute Gasteiger partial charge is 0.381 e. The molecule has 1 saturated carbocycles. The number of aryl methyl sites for hydroxylation is 1. The van der Waals surface area contributed by atoms with Gasteiger partial charge in [0.15, 0.2) is 0 Å². The van der Waals surface area contributed by atoms with Gasteiger partial charge >= 0.3 is 0 Å². The number of nitrogens with zero attached hydrogens (tertiary/aromatic N) is 3. The van der Waals surface area contributed by atoms with Crippen LogP contribution in [0.2, 0.25) is 0 Å². The summed E-state index contributed by atoms with van der Waals surface area (Å²) in [6.07, 6.45) is 7.99. The highest BCUT2D eigenvalue weighted by Crippen LogP contribution is 2.40. The quantitative estimate of drug-likeness (QED) is 0.890. The van der Waals surface area contributed by atoms with Crippen molar-refractivity contribution >= 4 is 5.91 Å². The summed E-state index contributed by atoms with van der Waals surface area (Å²) in [6.45, 7) is 2.79. The van der Waals surface area contributed by atoms with E-state index in [2.05, 4.69) is 21.4 Å². The van der Waals surface area contributed by atoms with E-state index >= 15 is 0 Å². The van der Waals surface area contributed by atoms with Crippen molar-refractivity contribution in [2.75, 3.05) is 19.8 Å². The Morgan fingerprint density at radius 2 is 2.04 bits per heavy atom. The van der Waals surface area contributed by atoms with Crippen molar-refractivity contribution in [3.05, 3.63) is 18.0 Å². The molecule has 4 rings (SSSR count). The minimum atomic E-state index is 0.117. The van der Waals surface area contributed by atoms with Crippen LogP contribution in [0.5, 0.6) is 0 Å². The number of hydrogen-bond acceptors (Lipinski definition) is 4. The highest BCUT2D eigenvalue weighted by molar-refractivity contribution is 5.78. The number of aromatic nitrogens is 2. The van der Waals surface area contributed by atoms with Crippen LogP contribution in [-0.2, 0) is 16.6 Å². The number of hydrogen-bond donors (Lipinski definition) is 1. The van der Waals surface area contributed by atoms with Crippen LogP contribution in [0, 0.1) is 5.92 Å². The summed E-state index contributed by atoms with van der Waals surface area (Å²) in [6, 6.07) is 2.94. The standard InChI is InChI=1S/C18H28N4O2/c1-21-16(6-9-20-21)18-15(19-12-13-7-10-24-11-8-13)4-5-17(23)22(18)14-2-3-14/h6,9,13-15,18-19H,2-5,7-8,10-12H2,1H3/t15-,18-/m1/s1. The molecule has 0 radical (unpaired) electrons. The lowest BCUT2D eigenvalue weighted by molar-refractivity contribution is -0.138. The van der Waals surface area contributed by atoms with Crippen LogP contribution in [0.15, 0.2) is 12.3 Å². The number of amides is 1. The Morgan fingerprint density at radius 1 is 1.25 bits per heavy atom. The van der Waals surface area contributed by atoms with E-state index in [9.17, 15) is 4.79 Å². The van der Waals surface area contributed by atoms with Gasteiger partial charge in [0.05, 0.1) is 11.7 Å². The Kier molecular flexibility index (Phi) is 4.59. The van der Waals surface area contributed by atoms with Crippen molar-refractivity contribution in [2.24, 2.45) is 13.0 Å². The first-order valence-corrected chi connectivity index (χ1v) is 9.34. The number of nitrogens with one attached hydrogen (secondary N) is 1. The third kappa shape index (κ3) is 3.22. The molecule has 6 nitrogen and oxygen atoms in total. The van der Waals surface area contributed by atoms with Crippen LogP contribution < -0.4 is 5.32 Å². The molecule has 1 aromatic rings. The lowest BCUT2D eigenvalue weighted by Gasteiger charge is -2.42. The smallest absolute Gasteiger partial charge is 0.223 e. The molecule has 3 fully saturated rings. The highest BCUT2D eigenvalue weighted by atomic mass is 16.5. The summed E-state index contributed by atoms with van der Waals surface area (Å²) in [4.78, 5) is 14.8. The maximum absolute atomic E-state index is 12.6. The SMILES string of the molecule is Cn1nccc1[C@H]1[C@H](NCC2CCOCC2)CCC(=O)N1C1CC1. The molecule has 1 aromatic heterocycles. The summed E-state index contributed by atoms with van der Waals surface area (Å²) in [5.74, 6) is 1.01. The van der Waals surface area contributed by atoms with Gasteiger partial charge in [0.1, 0.15) is 0 Å². The molecule has 2 aliphatic heterocycles. The third-order valence-electron chi connectivity index (χ3n) is 5.75. The van der Waals surface area contributed by atoms with Crippen LogP contribution in [0.3, 0.4) is 0 Å². The van der Waals surface area contributed by atoms with Gasteiger partial charge in [0, 0.05) is 45.0 Å². The molecule has 3 heterocycles. The van der Waals surface area contributed by atoms with Crippen molar-refractivity contribution in [3.8, 4) is 0 Å². The van der Waals surface area contributed by atoms with Gasteiger partial charge in [0.2, 0.25) is 5.91 Å². The minimum absolute atomic E-state index is 0.117. The van der Waals surface area contributed by atoms with Gasteiger partial charge in [-0.05, 0) is 50.6 Å².